The molecule has 1 saturated heterocycles. The SMILES string of the molecule is C=C[C@@H]1C[C@]1(NC(=O)[C@@H]1C[C@@H](Oc2cc(-c3csc(NC(C)C)n3)nc3cc(OC)ccc23)CN1C(=O)C(NC(=O)OC1CCCC1)C(C)(C)C)P(=O)(O)Cc1c(F)cc(Cl)cc1F. The lowest BCUT2D eigenvalue weighted by Gasteiger charge is -2.36. The zero-order chi connectivity index (χ0) is 46.3. The van der Waals surface area contributed by atoms with Gasteiger partial charge in [-0.25, -0.2) is 23.5 Å². The number of thiazole rings is 1. The molecule has 3 heterocycles. The van der Waals surface area contributed by atoms with E-state index in [1.807, 2.05) is 19.2 Å². The second kappa shape index (κ2) is 18.6. The summed E-state index contributed by atoms with van der Waals surface area (Å²) in [7, 11) is -3.13. The highest BCUT2D eigenvalue weighted by Crippen LogP contribution is 2.71. The Bertz CT molecular complexity index is 2480. The fourth-order valence-corrected chi connectivity index (χ4v) is 11.9. The van der Waals surface area contributed by atoms with Crippen molar-refractivity contribution in [1.29, 1.82) is 0 Å². The number of fused-ring (bicyclic) bond motifs is 1. The van der Waals surface area contributed by atoms with E-state index in [4.69, 9.17) is 35.8 Å². The van der Waals surface area contributed by atoms with E-state index >= 15 is 8.78 Å². The molecule has 2 aromatic carbocycles. The van der Waals surface area contributed by atoms with Gasteiger partial charge >= 0.3 is 6.09 Å². The van der Waals surface area contributed by atoms with E-state index in [1.54, 1.807) is 52.1 Å². The van der Waals surface area contributed by atoms with E-state index in [2.05, 4.69) is 22.5 Å². The number of ether oxygens (including phenoxy) is 3. The van der Waals surface area contributed by atoms with Gasteiger partial charge in [-0.1, -0.05) is 38.4 Å². The predicted octanol–water partition coefficient (Wildman–Crippen LogP) is 9.04. The number of anilines is 1. The molecule has 2 saturated carbocycles. The number of rotatable bonds is 15. The number of nitrogens with one attached hydrogen (secondary N) is 3. The van der Waals surface area contributed by atoms with Gasteiger partial charge in [0, 0.05) is 51.9 Å². The molecular formula is C45H54ClF2N6O8PS. The second-order valence-electron chi connectivity index (χ2n) is 18.1. The van der Waals surface area contributed by atoms with Gasteiger partial charge < -0.3 is 40.0 Å². The largest absolute Gasteiger partial charge is 0.497 e. The molecular weight excluding hydrogens is 889 g/mol. The number of aromatic nitrogens is 2. The third kappa shape index (κ3) is 10.0. The van der Waals surface area contributed by atoms with Crippen LogP contribution in [0.15, 0.2) is 54.4 Å². The molecule has 64 heavy (non-hydrogen) atoms. The highest BCUT2D eigenvalue weighted by atomic mass is 35.5. The summed E-state index contributed by atoms with van der Waals surface area (Å²) in [6.07, 6.45) is 1.73. The normalized spacial score (nSPS) is 22.5. The minimum absolute atomic E-state index is 0.0487. The van der Waals surface area contributed by atoms with Crippen molar-refractivity contribution in [3.8, 4) is 22.9 Å². The average molecular weight is 943 g/mol. The van der Waals surface area contributed by atoms with E-state index in [-0.39, 0.29) is 36.6 Å². The lowest BCUT2D eigenvalue weighted by molar-refractivity contribution is -0.142. The number of carbonyl (C=O) groups excluding carboxylic acids is 3. The van der Waals surface area contributed by atoms with Crippen LogP contribution in [0.3, 0.4) is 0 Å². The van der Waals surface area contributed by atoms with Crippen molar-refractivity contribution in [3.63, 3.8) is 0 Å². The summed E-state index contributed by atoms with van der Waals surface area (Å²) < 4.78 is 62.2. The fraction of sp³-hybridized carbons (Fsp3) is 0.489. The standard InChI is InChI=1S/C45H54ClF2N6O8PS/c1-8-25-20-45(25,63(58,59)22-31-32(47)15-26(46)16-33(31)48)53-40(55)37-18-29(21-54(37)41(56)39(44(4,5)6)52-43(57)62-27-11-9-10-12-27)61-38-19-35(36-23-64-42(51-36)49-24(2)3)50-34-17-28(60-7)13-14-30(34)38/h8,13-17,19,23-25,27,29,37,39H,1,9-12,18,20-22H2,2-7H3,(H,49,51)(H,52,57)(H,53,55)(H,58,59)/t25-,29-,37+,39?,45+/m1/s1. The van der Waals surface area contributed by atoms with Crippen molar-refractivity contribution in [1.82, 2.24) is 25.5 Å². The van der Waals surface area contributed by atoms with E-state index in [1.165, 1.54) is 22.3 Å². The number of hydrogen-bond acceptors (Lipinski definition) is 11. The van der Waals surface area contributed by atoms with Gasteiger partial charge in [0.25, 0.3) is 0 Å². The topological polar surface area (TPSA) is 181 Å². The number of likely N-dealkylation sites (tertiary alicyclic amines) is 1. The van der Waals surface area contributed by atoms with Gasteiger partial charge in [0.2, 0.25) is 19.2 Å². The number of halogens is 3. The molecule has 0 bridgehead atoms. The van der Waals surface area contributed by atoms with Gasteiger partial charge in [-0.3, -0.25) is 14.2 Å². The lowest BCUT2D eigenvalue weighted by Crippen LogP contribution is -2.58. The molecule has 6 atom stereocenters. The first kappa shape index (κ1) is 47.1. The Balaban J connectivity index is 1.23. The minimum atomic E-state index is -4.67. The monoisotopic (exact) mass is 942 g/mol. The first-order chi connectivity index (χ1) is 30.2. The molecule has 3 aliphatic rings. The van der Waals surface area contributed by atoms with Gasteiger partial charge in [-0.05, 0) is 75.6 Å². The number of alkyl carbamates (subject to hydrolysis) is 1. The molecule has 7 rings (SSSR count). The third-order valence-electron chi connectivity index (χ3n) is 12.0. The van der Waals surface area contributed by atoms with Crippen LogP contribution in [0, 0.1) is 23.0 Å². The maximum atomic E-state index is 15.0. The zero-order valence-corrected chi connectivity index (χ0v) is 39.0. The molecule has 2 aromatic heterocycles. The minimum Gasteiger partial charge on any atom is -0.497 e. The second-order valence-corrected chi connectivity index (χ2v) is 21.9. The number of hydrogen-bond donors (Lipinski definition) is 4. The summed E-state index contributed by atoms with van der Waals surface area (Å²) in [5, 5.41) is 9.93. The molecule has 3 fully saturated rings. The van der Waals surface area contributed by atoms with E-state index in [0.717, 1.165) is 25.0 Å². The van der Waals surface area contributed by atoms with E-state index in [9.17, 15) is 23.8 Å². The Labute approximate surface area is 379 Å². The zero-order valence-electron chi connectivity index (χ0n) is 36.6. The summed E-state index contributed by atoms with van der Waals surface area (Å²) in [5.74, 6) is -3.42. The number of methoxy groups -OCH3 is 1. The number of carbonyl (C=O) groups is 3. The predicted molar refractivity (Wildman–Crippen MR) is 242 cm³/mol. The smallest absolute Gasteiger partial charge is 0.408 e. The Hall–Kier alpha value is -4.83. The van der Waals surface area contributed by atoms with Crippen LogP contribution in [-0.4, -0.2) is 86.9 Å². The third-order valence-corrected chi connectivity index (χ3v) is 15.6. The van der Waals surface area contributed by atoms with Crippen molar-refractivity contribution < 1.29 is 46.8 Å². The van der Waals surface area contributed by atoms with Crippen LogP contribution < -0.4 is 25.4 Å². The number of benzene rings is 2. The van der Waals surface area contributed by atoms with Crippen LogP contribution in [-0.2, 0) is 25.1 Å². The van der Waals surface area contributed by atoms with Crippen LogP contribution in [0.4, 0.5) is 18.7 Å². The summed E-state index contributed by atoms with van der Waals surface area (Å²) in [5.41, 5.74) is 0.0941. The molecule has 19 heteroatoms. The molecule has 0 radical (unpaired) electrons. The van der Waals surface area contributed by atoms with Crippen LogP contribution in [0.25, 0.3) is 22.3 Å². The molecule has 2 unspecified atom stereocenters. The average Bonchev–Trinajstić information content (AvgIpc) is 3.62. The quantitative estimate of drug-likeness (QED) is 0.0660. The lowest BCUT2D eigenvalue weighted by atomic mass is 9.85. The summed E-state index contributed by atoms with van der Waals surface area (Å²) in [4.78, 5) is 65.5. The van der Waals surface area contributed by atoms with Crippen LogP contribution in [0.1, 0.15) is 78.7 Å². The van der Waals surface area contributed by atoms with Crippen LogP contribution in [0.2, 0.25) is 5.02 Å². The van der Waals surface area contributed by atoms with Crippen molar-refractivity contribution in [2.45, 2.75) is 115 Å². The van der Waals surface area contributed by atoms with E-state index < -0.39 is 83.4 Å². The highest BCUT2D eigenvalue weighted by Gasteiger charge is 2.66. The summed E-state index contributed by atoms with van der Waals surface area (Å²) in [6.45, 7) is 13.0. The Morgan fingerprint density at radius 1 is 1.09 bits per heavy atom. The van der Waals surface area contributed by atoms with Crippen molar-refractivity contribution >= 4 is 64.2 Å². The number of nitrogens with zero attached hydrogens (tertiary/aromatic N) is 3. The molecule has 1 aliphatic heterocycles. The molecule has 0 spiro atoms. The van der Waals surface area contributed by atoms with Crippen LogP contribution >= 0.6 is 30.3 Å². The maximum Gasteiger partial charge on any atom is 0.408 e. The molecule has 344 valence electrons. The fourth-order valence-electron chi connectivity index (χ4n) is 8.48. The number of pyridine rings is 1. The highest BCUT2D eigenvalue weighted by molar-refractivity contribution is 7.59. The van der Waals surface area contributed by atoms with Gasteiger partial charge in [-0.15, -0.1) is 17.9 Å². The van der Waals surface area contributed by atoms with Gasteiger partial charge in [-0.2, -0.15) is 0 Å². The molecule has 4 aromatic rings. The maximum absolute atomic E-state index is 15.0. The van der Waals surface area contributed by atoms with Gasteiger partial charge in [0.1, 0.15) is 58.4 Å². The van der Waals surface area contributed by atoms with Crippen LogP contribution in [0.5, 0.6) is 11.5 Å². The van der Waals surface area contributed by atoms with Crippen molar-refractivity contribution in [3.05, 3.63) is 76.7 Å². The Morgan fingerprint density at radius 2 is 1.80 bits per heavy atom. The molecule has 2 aliphatic carbocycles. The Kier molecular flexibility index (Phi) is 13.7. The molecule has 14 nitrogen and oxygen atoms in total. The van der Waals surface area contributed by atoms with E-state index in [0.29, 0.717) is 51.8 Å². The van der Waals surface area contributed by atoms with Gasteiger partial charge in [0.05, 0.1) is 31.0 Å². The van der Waals surface area contributed by atoms with Crippen molar-refractivity contribution in [2.24, 2.45) is 11.3 Å². The Morgan fingerprint density at radius 3 is 2.42 bits per heavy atom. The first-order valence-corrected chi connectivity index (χ1v) is 24.4. The van der Waals surface area contributed by atoms with Gasteiger partial charge in [0.15, 0.2) is 5.13 Å². The first-order valence-electron chi connectivity index (χ1n) is 21.3. The summed E-state index contributed by atoms with van der Waals surface area (Å²) in [6, 6.07) is 6.42. The van der Waals surface area contributed by atoms with Crippen molar-refractivity contribution in [2.75, 3.05) is 19.0 Å². The number of amides is 3. The summed E-state index contributed by atoms with van der Waals surface area (Å²) >= 11 is 7.25. The molecule has 4 N–H and O–H groups in total. The molecule has 3 amide bonds.